The molecule has 138 valence electrons. The number of rotatable bonds is 6. The first-order chi connectivity index (χ1) is 12.5. The molecule has 0 radical (unpaired) electrons. The van der Waals surface area contributed by atoms with Crippen LogP contribution in [0.1, 0.15) is 17.3 Å². The lowest BCUT2D eigenvalue weighted by atomic mass is 10.3. The van der Waals surface area contributed by atoms with Gasteiger partial charge >= 0.3 is 0 Å². The topological polar surface area (TPSA) is 70.6 Å². The maximum Gasteiger partial charge on any atom is 0.286 e. The summed E-state index contributed by atoms with van der Waals surface area (Å²) in [4.78, 5) is 17.6. The van der Waals surface area contributed by atoms with E-state index in [9.17, 15) is 4.79 Å². The van der Waals surface area contributed by atoms with E-state index in [1.165, 1.54) is 23.1 Å². The van der Waals surface area contributed by atoms with Crippen LogP contribution in [0.2, 0.25) is 0 Å². The molecule has 0 aliphatic heterocycles. The molecule has 0 atom stereocenters. The minimum Gasteiger partial charge on any atom is -0.479 e. The quantitative estimate of drug-likeness (QED) is 0.554. The van der Waals surface area contributed by atoms with Crippen molar-refractivity contribution >= 4 is 43.4 Å². The number of aryl methyl sites for hydroxylation is 1. The van der Waals surface area contributed by atoms with Crippen molar-refractivity contribution in [3.05, 3.63) is 39.2 Å². The molecule has 0 aliphatic carbocycles. The van der Waals surface area contributed by atoms with Gasteiger partial charge in [0.1, 0.15) is 5.56 Å². The molecule has 2 aromatic heterocycles. The Morgan fingerprint density at radius 2 is 2.23 bits per heavy atom. The number of hydrogen-bond acceptors (Lipinski definition) is 5. The van der Waals surface area contributed by atoms with E-state index in [2.05, 4.69) is 26.0 Å². The molecular formula is C17H19BrN4O3S. The third kappa shape index (κ3) is 3.89. The summed E-state index contributed by atoms with van der Waals surface area (Å²) in [5, 5.41) is 4.11. The number of benzene rings is 1. The number of carbonyl (C=O) groups excluding carboxylic acids is 1. The molecule has 0 spiro atoms. The van der Waals surface area contributed by atoms with Crippen molar-refractivity contribution < 1.29 is 14.3 Å². The van der Waals surface area contributed by atoms with Crippen LogP contribution in [-0.2, 0) is 18.3 Å². The summed E-state index contributed by atoms with van der Waals surface area (Å²) in [5.74, 6) is -0.114. The van der Waals surface area contributed by atoms with Crippen molar-refractivity contribution in [1.82, 2.24) is 14.3 Å². The molecule has 0 N–H and O–H groups in total. The molecule has 1 aromatic carbocycles. The Bertz CT molecular complexity index is 1010. The number of halogens is 1. The first-order valence-corrected chi connectivity index (χ1v) is 9.67. The van der Waals surface area contributed by atoms with Crippen molar-refractivity contribution in [2.75, 3.05) is 20.3 Å². The van der Waals surface area contributed by atoms with Crippen LogP contribution in [0.5, 0.6) is 5.88 Å². The molecule has 0 saturated heterocycles. The first-order valence-electron chi connectivity index (χ1n) is 8.06. The predicted molar refractivity (Wildman–Crippen MR) is 104 cm³/mol. The van der Waals surface area contributed by atoms with Crippen molar-refractivity contribution in [2.24, 2.45) is 12.0 Å². The highest BCUT2D eigenvalue weighted by Crippen LogP contribution is 2.22. The Labute approximate surface area is 163 Å². The maximum atomic E-state index is 12.7. The van der Waals surface area contributed by atoms with E-state index < -0.39 is 0 Å². The van der Waals surface area contributed by atoms with Crippen LogP contribution in [0, 0.1) is 0 Å². The number of thiazole rings is 1. The molecule has 0 aliphatic rings. The van der Waals surface area contributed by atoms with Gasteiger partial charge in [0, 0.05) is 30.9 Å². The van der Waals surface area contributed by atoms with E-state index in [1.807, 2.05) is 29.7 Å². The number of carbonyl (C=O) groups is 1. The molecule has 9 heteroatoms. The first kappa shape index (κ1) is 18.8. The minimum atomic E-state index is -0.384. The monoisotopic (exact) mass is 438 g/mol. The SMILES string of the molecule is CCOCCn1c(=NC(=O)c2cn(C)nc2OC)sc2cc(Br)ccc21. The lowest BCUT2D eigenvalue weighted by molar-refractivity contribution is 0.0993. The fourth-order valence-corrected chi connectivity index (χ4v) is 4.17. The molecule has 0 fully saturated rings. The van der Waals surface area contributed by atoms with Gasteiger partial charge < -0.3 is 14.0 Å². The summed E-state index contributed by atoms with van der Waals surface area (Å²) in [7, 11) is 3.22. The van der Waals surface area contributed by atoms with Gasteiger partial charge in [0.05, 0.1) is 23.9 Å². The highest BCUT2D eigenvalue weighted by atomic mass is 79.9. The second kappa shape index (κ2) is 8.15. The average Bonchev–Trinajstić information content (AvgIpc) is 3.15. The van der Waals surface area contributed by atoms with Crippen LogP contribution in [0.25, 0.3) is 10.2 Å². The molecule has 7 nitrogen and oxygen atoms in total. The van der Waals surface area contributed by atoms with Gasteiger partial charge in [-0.1, -0.05) is 27.3 Å². The molecule has 2 heterocycles. The second-order valence-electron chi connectivity index (χ2n) is 5.49. The molecule has 0 saturated carbocycles. The number of ether oxygens (including phenoxy) is 2. The van der Waals surface area contributed by atoms with Gasteiger partial charge in [-0.2, -0.15) is 4.99 Å². The van der Waals surface area contributed by atoms with Crippen molar-refractivity contribution in [3.8, 4) is 5.88 Å². The standard InChI is InChI=1S/C17H19BrN4O3S/c1-4-25-8-7-22-13-6-5-11(18)9-14(13)26-17(22)19-15(23)12-10-21(2)20-16(12)24-3/h5-6,9-10H,4,7-8H2,1-3H3. The van der Waals surface area contributed by atoms with Crippen LogP contribution in [0.15, 0.2) is 33.9 Å². The Morgan fingerprint density at radius 3 is 2.96 bits per heavy atom. The zero-order valence-corrected chi connectivity index (χ0v) is 17.1. The zero-order valence-electron chi connectivity index (χ0n) is 14.7. The maximum absolute atomic E-state index is 12.7. The lowest BCUT2D eigenvalue weighted by Gasteiger charge is -2.05. The smallest absolute Gasteiger partial charge is 0.286 e. The number of nitrogens with zero attached hydrogens (tertiary/aromatic N) is 4. The van der Waals surface area contributed by atoms with Crippen LogP contribution < -0.4 is 9.54 Å². The van der Waals surface area contributed by atoms with E-state index in [4.69, 9.17) is 9.47 Å². The highest BCUT2D eigenvalue weighted by Gasteiger charge is 2.17. The van der Waals surface area contributed by atoms with Crippen LogP contribution >= 0.6 is 27.3 Å². The highest BCUT2D eigenvalue weighted by molar-refractivity contribution is 9.10. The Kier molecular flexibility index (Phi) is 5.90. The summed E-state index contributed by atoms with van der Waals surface area (Å²) in [6.45, 7) is 3.77. The zero-order chi connectivity index (χ0) is 18.7. The molecule has 0 bridgehead atoms. The van der Waals surface area contributed by atoms with Gasteiger partial charge in [0.25, 0.3) is 5.91 Å². The molecule has 3 aromatic rings. The summed E-state index contributed by atoms with van der Waals surface area (Å²) in [6, 6.07) is 6.00. The largest absolute Gasteiger partial charge is 0.479 e. The number of hydrogen-bond donors (Lipinski definition) is 0. The van der Waals surface area contributed by atoms with Gasteiger partial charge in [0.15, 0.2) is 4.80 Å². The van der Waals surface area contributed by atoms with Crippen molar-refractivity contribution in [2.45, 2.75) is 13.5 Å². The van der Waals surface area contributed by atoms with Crippen LogP contribution in [-0.4, -0.2) is 40.6 Å². The summed E-state index contributed by atoms with van der Waals surface area (Å²) in [5.41, 5.74) is 1.35. The number of methoxy groups -OCH3 is 1. The van der Waals surface area contributed by atoms with Gasteiger partial charge in [-0.05, 0) is 25.1 Å². The summed E-state index contributed by atoms with van der Waals surface area (Å²) < 4.78 is 16.2. The minimum absolute atomic E-state index is 0.269. The van der Waals surface area contributed by atoms with E-state index in [-0.39, 0.29) is 11.8 Å². The lowest BCUT2D eigenvalue weighted by Crippen LogP contribution is -2.19. The van der Waals surface area contributed by atoms with Gasteiger partial charge in [-0.25, -0.2) is 0 Å². The summed E-state index contributed by atoms with van der Waals surface area (Å²) in [6.07, 6.45) is 1.61. The fraction of sp³-hybridized carbons (Fsp3) is 0.353. The van der Waals surface area contributed by atoms with E-state index in [0.717, 1.165) is 14.7 Å². The van der Waals surface area contributed by atoms with Gasteiger partial charge in [-0.3, -0.25) is 9.48 Å². The Hall–Kier alpha value is -1.97. The second-order valence-corrected chi connectivity index (χ2v) is 7.41. The van der Waals surface area contributed by atoms with Crippen molar-refractivity contribution in [1.29, 1.82) is 0 Å². The normalized spacial score (nSPS) is 12.1. The van der Waals surface area contributed by atoms with Gasteiger partial charge in [-0.15, -0.1) is 5.10 Å². The Balaban J connectivity index is 2.08. The fourth-order valence-electron chi connectivity index (χ4n) is 2.56. The van der Waals surface area contributed by atoms with E-state index >= 15 is 0 Å². The molecule has 0 unspecified atom stereocenters. The van der Waals surface area contributed by atoms with E-state index in [1.54, 1.807) is 13.2 Å². The van der Waals surface area contributed by atoms with Crippen LogP contribution in [0.3, 0.4) is 0 Å². The number of amides is 1. The van der Waals surface area contributed by atoms with Gasteiger partial charge in [0.2, 0.25) is 5.88 Å². The van der Waals surface area contributed by atoms with Crippen LogP contribution in [0.4, 0.5) is 0 Å². The third-order valence-corrected chi connectivity index (χ3v) is 5.26. The predicted octanol–water partition coefficient (Wildman–Crippen LogP) is 2.99. The average molecular weight is 439 g/mol. The molecular weight excluding hydrogens is 420 g/mol. The molecule has 3 rings (SSSR count). The number of fused-ring (bicyclic) bond motifs is 1. The molecule has 1 amide bonds. The summed E-state index contributed by atoms with van der Waals surface area (Å²) >= 11 is 4.95. The Morgan fingerprint density at radius 1 is 1.42 bits per heavy atom. The number of aromatic nitrogens is 3. The molecule has 26 heavy (non-hydrogen) atoms. The van der Waals surface area contributed by atoms with Crippen molar-refractivity contribution in [3.63, 3.8) is 0 Å². The third-order valence-electron chi connectivity index (χ3n) is 3.72. The van der Waals surface area contributed by atoms with E-state index in [0.29, 0.717) is 30.1 Å².